The van der Waals surface area contributed by atoms with Gasteiger partial charge in [-0.05, 0) is 13.8 Å². The highest BCUT2D eigenvalue weighted by molar-refractivity contribution is 5.22. The van der Waals surface area contributed by atoms with Crippen LogP contribution < -0.4 is 0 Å². The zero-order chi connectivity index (χ0) is 11.6. The summed E-state index contributed by atoms with van der Waals surface area (Å²) in [6, 6.07) is 0. The van der Waals surface area contributed by atoms with Gasteiger partial charge in [0.2, 0.25) is 0 Å². The maximum Gasteiger partial charge on any atom is 0.0828 e. The van der Waals surface area contributed by atoms with Crippen molar-refractivity contribution in [2.24, 2.45) is 5.41 Å². The Bertz CT molecular complexity index is 553. The molecule has 88 valence electrons. The maximum atomic E-state index is 4.21. The molecule has 6 heteroatoms. The van der Waals surface area contributed by atoms with Gasteiger partial charge in [-0.25, -0.2) is 9.36 Å². The summed E-state index contributed by atoms with van der Waals surface area (Å²) in [6.07, 6.45) is 2.13. The smallest absolute Gasteiger partial charge is 0.0828 e. The lowest BCUT2D eigenvalue weighted by atomic mass is 9.83. The molecule has 1 spiro atoms. The third-order valence-electron chi connectivity index (χ3n) is 4.12. The molecule has 0 saturated carbocycles. The number of hydrogen-bond acceptors (Lipinski definition) is 4. The van der Waals surface area contributed by atoms with Gasteiger partial charge >= 0.3 is 0 Å². The third-order valence-corrected chi connectivity index (χ3v) is 4.12. The van der Waals surface area contributed by atoms with Gasteiger partial charge in [-0.1, -0.05) is 10.4 Å². The first kappa shape index (κ1) is 9.32. The molecule has 4 rings (SSSR count). The van der Waals surface area contributed by atoms with Crippen molar-refractivity contribution in [2.75, 3.05) is 0 Å². The van der Waals surface area contributed by atoms with Gasteiger partial charge in [0.05, 0.1) is 35.9 Å². The van der Waals surface area contributed by atoms with E-state index in [4.69, 9.17) is 0 Å². The minimum absolute atomic E-state index is 0.270. The average molecular weight is 230 g/mol. The summed E-state index contributed by atoms with van der Waals surface area (Å²) in [5, 5.41) is 16.7. The van der Waals surface area contributed by atoms with Crippen LogP contribution in [-0.4, -0.2) is 30.0 Å². The molecule has 2 aliphatic heterocycles. The average Bonchev–Trinajstić information content (AvgIpc) is 2.98. The molecule has 2 aromatic rings. The molecule has 0 amide bonds. The summed E-state index contributed by atoms with van der Waals surface area (Å²) >= 11 is 0. The Labute approximate surface area is 98.6 Å². The molecule has 2 aromatic heterocycles. The van der Waals surface area contributed by atoms with Crippen LogP contribution in [0.4, 0.5) is 0 Å². The largest absolute Gasteiger partial charge is 0.248 e. The zero-order valence-electron chi connectivity index (χ0n) is 10.0. The minimum Gasteiger partial charge on any atom is -0.248 e. The molecule has 0 radical (unpaired) electrons. The molecule has 0 unspecified atom stereocenters. The van der Waals surface area contributed by atoms with Crippen LogP contribution >= 0.6 is 0 Å². The van der Waals surface area contributed by atoms with Crippen LogP contribution in [0.1, 0.15) is 22.8 Å². The van der Waals surface area contributed by atoms with Crippen molar-refractivity contribution in [3.8, 4) is 0 Å². The van der Waals surface area contributed by atoms with E-state index in [9.17, 15) is 0 Å². The summed E-state index contributed by atoms with van der Waals surface area (Å²) in [4.78, 5) is 0. The lowest BCUT2D eigenvalue weighted by Crippen LogP contribution is -2.25. The Morgan fingerprint density at radius 2 is 1.35 bits per heavy atom. The molecule has 0 fully saturated rings. The van der Waals surface area contributed by atoms with Gasteiger partial charge in [0.1, 0.15) is 0 Å². The summed E-state index contributed by atoms with van der Waals surface area (Å²) < 4.78 is 4.12. The van der Waals surface area contributed by atoms with Crippen LogP contribution in [0.25, 0.3) is 0 Å². The zero-order valence-corrected chi connectivity index (χ0v) is 10.0. The summed E-state index contributed by atoms with van der Waals surface area (Å²) in [5.74, 6) is 0. The number of rotatable bonds is 0. The molecular weight excluding hydrogens is 216 g/mol. The third kappa shape index (κ3) is 1.10. The van der Waals surface area contributed by atoms with Crippen LogP contribution in [0.5, 0.6) is 0 Å². The van der Waals surface area contributed by atoms with E-state index in [1.54, 1.807) is 0 Å². The summed E-state index contributed by atoms with van der Waals surface area (Å²) in [7, 11) is 0. The van der Waals surface area contributed by atoms with E-state index in [1.165, 1.54) is 11.4 Å². The van der Waals surface area contributed by atoms with Crippen LogP contribution in [-0.2, 0) is 25.9 Å². The van der Waals surface area contributed by atoms with Gasteiger partial charge in [0.15, 0.2) is 0 Å². The number of aryl methyl sites for hydroxylation is 2. The number of fused-ring (bicyclic) bond motifs is 2. The van der Waals surface area contributed by atoms with Crippen molar-refractivity contribution in [1.82, 2.24) is 30.0 Å². The van der Waals surface area contributed by atoms with E-state index in [2.05, 4.69) is 30.0 Å². The number of nitrogens with zero attached hydrogens (tertiary/aromatic N) is 6. The van der Waals surface area contributed by atoms with E-state index in [1.807, 2.05) is 13.8 Å². The van der Waals surface area contributed by atoms with E-state index in [-0.39, 0.29) is 5.41 Å². The van der Waals surface area contributed by atoms with Crippen molar-refractivity contribution < 1.29 is 0 Å². The Morgan fingerprint density at radius 1 is 0.882 bits per heavy atom. The maximum absolute atomic E-state index is 4.21. The van der Waals surface area contributed by atoms with Gasteiger partial charge in [-0.3, -0.25) is 0 Å². The second-order valence-electron chi connectivity index (χ2n) is 5.41. The lowest BCUT2D eigenvalue weighted by Gasteiger charge is -2.19. The number of hydrogen-bond donors (Lipinski definition) is 0. The van der Waals surface area contributed by atoms with Crippen LogP contribution in [0.15, 0.2) is 0 Å². The highest BCUT2D eigenvalue weighted by Crippen LogP contribution is 2.42. The first-order valence-electron chi connectivity index (χ1n) is 5.95. The minimum atomic E-state index is 0.270. The molecule has 0 N–H and O–H groups in total. The standard InChI is InChI=1S/C11H14N6/c1-7-9-3-11(5-16(9)14-12-7)4-10-8(2)13-15-17(10)6-11/h3-6H2,1-2H3. The summed E-state index contributed by atoms with van der Waals surface area (Å²) in [5.41, 5.74) is 5.00. The molecule has 4 heterocycles. The van der Waals surface area contributed by atoms with E-state index >= 15 is 0 Å². The fourth-order valence-corrected chi connectivity index (χ4v) is 3.21. The highest BCUT2D eigenvalue weighted by Gasteiger charge is 2.45. The molecule has 6 nitrogen and oxygen atoms in total. The predicted octanol–water partition coefficient (Wildman–Crippen LogP) is 0.285. The molecular formula is C11H14N6. The van der Waals surface area contributed by atoms with Crippen molar-refractivity contribution in [3.05, 3.63) is 22.8 Å². The van der Waals surface area contributed by atoms with Crippen molar-refractivity contribution in [3.63, 3.8) is 0 Å². The molecule has 0 saturated heterocycles. The monoisotopic (exact) mass is 230 g/mol. The Morgan fingerprint density at radius 3 is 1.76 bits per heavy atom. The summed E-state index contributed by atoms with van der Waals surface area (Å²) in [6.45, 7) is 6.01. The van der Waals surface area contributed by atoms with Crippen LogP contribution in [0.2, 0.25) is 0 Å². The fourth-order valence-electron chi connectivity index (χ4n) is 3.21. The van der Waals surface area contributed by atoms with Gasteiger partial charge < -0.3 is 0 Å². The normalized spacial score (nSPS) is 19.9. The van der Waals surface area contributed by atoms with Gasteiger partial charge in [-0.15, -0.1) is 10.2 Å². The van der Waals surface area contributed by atoms with Crippen LogP contribution in [0.3, 0.4) is 0 Å². The first-order chi connectivity index (χ1) is 8.17. The van der Waals surface area contributed by atoms with E-state index in [0.717, 1.165) is 37.3 Å². The number of aromatic nitrogens is 6. The fraction of sp³-hybridized carbons (Fsp3) is 0.636. The molecule has 0 aromatic carbocycles. The Kier molecular flexibility index (Phi) is 1.51. The molecule has 2 aliphatic rings. The van der Waals surface area contributed by atoms with Gasteiger partial charge in [-0.2, -0.15) is 0 Å². The molecule has 0 atom stereocenters. The molecule has 0 aliphatic carbocycles. The second kappa shape index (κ2) is 2.75. The predicted molar refractivity (Wildman–Crippen MR) is 59.4 cm³/mol. The highest BCUT2D eigenvalue weighted by atomic mass is 15.5. The van der Waals surface area contributed by atoms with Gasteiger partial charge in [0, 0.05) is 18.3 Å². The van der Waals surface area contributed by atoms with Crippen molar-refractivity contribution in [1.29, 1.82) is 0 Å². The van der Waals surface area contributed by atoms with Crippen LogP contribution in [0, 0.1) is 19.3 Å². The van der Waals surface area contributed by atoms with E-state index in [0.29, 0.717) is 0 Å². The van der Waals surface area contributed by atoms with E-state index < -0.39 is 0 Å². The molecule has 17 heavy (non-hydrogen) atoms. The SMILES string of the molecule is Cc1nnn2c1CC1(Cc3c(C)nnn3C1)C2. The quantitative estimate of drug-likeness (QED) is 0.652. The first-order valence-corrected chi connectivity index (χ1v) is 5.95. The second-order valence-corrected chi connectivity index (χ2v) is 5.41. The topological polar surface area (TPSA) is 61.4 Å². The van der Waals surface area contributed by atoms with Gasteiger partial charge in [0.25, 0.3) is 0 Å². The van der Waals surface area contributed by atoms with Crippen molar-refractivity contribution >= 4 is 0 Å². The lowest BCUT2D eigenvalue weighted by molar-refractivity contribution is 0.254. The Balaban J connectivity index is 1.72. The Hall–Kier alpha value is -1.72. The van der Waals surface area contributed by atoms with Crippen molar-refractivity contribution in [2.45, 2.75) is 39.8 Å². The molecule has 0 bridgehead atoms.